The molecule has 134 valence electrons. The Labute approximate surface area is 165 Å². The summed E-state index contributed by atoms with van der Waals surface area (Å²) in [6.07, 6.45) is 10.3. The van der Waals surface area contributed by atoms with E-state index in [0.717, 1.165) is 6.42 Å². The van der Waals surface area contributed by atoms with E-state index in [1.165, 1.54) is 21.8 Å². The quantitative estimate of drug-likeness (QED) is 0.472. The smallest absolute Gasteiger partial charge is 0.00516 e. The SMILES string of the molecule is C1=CCC(P(CP(c2ccccc2)c2ccccc2)c2ccccc2)C=C1. The highest BCUT2D eigenvalue weighted by atomic mass is 31.2. The minimum atomic E-state index is -0.368. The van der Waals surface area contributed by atoms with E-state index in [-0.39, 0.29) is 15.8 Å². The Morgan fingerprint density at radius 2 is 1.15 bits per heavy atom. The second-order valence-electron chi connectivity index (χ2n) is 6.66. The summed E-state index contributed by atoms with van der Waals surface area (Å²) >= 11 is 0. The summed E-state index contributed by atoms with van der Waals surface area (Å²) in [6.45, 7) is 0. The van der Waals surface area contributed by atoms with Gasteiger partial charge in [-0.3, -0.25) is 0 Å². The average molecular weight is 386 g/mol. The van der Waals surface area contributed by atoms with Gasteiger partial charge in [0.2, 0.25) is 0 Å². The number of rotatable bonds is 6. The summed E-state index contributed by atoms with van der Waals surface area (Å²) in [5.41, 5.74) is 0.629. The van der Waals surface area contributed by atoms with Crippen molar-refractivity contribution in [3.8, 4) is 0 Å². The molecule has 0 aromatic heterocycles. The maximum atomic E-state index is 2.43. The standard InChI is InChI=1S/C25H24P2/c1-5-13-22(14-6-1)26(23-15-7-2-8-16-23)21-27(24-17-9-3-10-18-24)25-19-11-4-12-20-25/h1-19,25H,20-21H2. The molecule has 0 spiro atoms. The predicted octanol–water partition coefficient (Wildman–Crippen LogP) is 5.77. The van der Waals surface area contributed by atoms with E-state index in [9.17, 15) is 0 Å². The van der Waals surface area contributed by atoms with Crippen LogP contribution in [0.4, 0.5) is 0 Å². The van der Waals surface area contributed by atoms with Crippen LogP contribution in [-0.4, -0.2) is 11.6 Å². The molecule has 4 rings (SSSR count). The van der Waals surface area contributed by atoms with Crippen molar-refractivity contribution in [3.63, 3.8) is 0 Å². The van der Waals surface area contributed by atoms with Crippen LogP contribution in [0, 0.1) is 0 Å². The average Bonchev–Trinajstić information content (AvgIpc) is 2.77. The summed E-state index contributed by atoms with van der Waals surface area (Å²) in [4.78, 5) is 0. The molecule has 27 heavy (non-hydrogen) atoms. The van der Waals surface area contributed by atoms with Crippen LogP contribution in [0.2, 0.25) is 0 Å². The van der Waals surface area contributed by atoms with E-state index in [1.54, 1.807) is 0 Å². The molecule has 0 saturated heterocycles. The molecule has 0 aliphatic heterocycles. The maximum absolute atomic E-state index is 2.43. The molecule has 3 aromatic carbocycles. The molecule has 0 fully saturated rings. The predicted molar refractivity (Wildman–Crippen MR) is 124 cm³/mol. The fourth-order valence-electron chi connectivity index (χ4n) is 3.48. The highest BCUT2D eigenvalue weighted by Crippen LogP contribution is 2.53. The van der Waals surface area contributed by atoms with E-state index >= 15 is 0 Å². The molecule has 0 N–H and O–H groups in total. The Balaban J connectivity index is 1.72. The summed E-state index contributed by atoms with van der Waals surface area (Å²) < 4.78 is 0. The Morgan fingerprint density at radius 3 is 1.63 bits per heavy atom. The maximum Gasteiger partial charge on any atom is 0.00516 e. The van der Waals surface area contributed by atoms with Gasteiger partial charge in [0.25, 0.3) is 0 Å². The van der Waals surface area contributed by atoms with Gasteiger partial charge in [0, 0.05) is 11.6 Å². The summed E-state index contributed by atoms with van der Waals surface area (Å²) in [5, 5.41) is 4.49. The van der Waals surface area contributed by atoms with Crippen LogP contribution in [0.5, 0.6) is 0 Å². The third-order valence-electron chi connectivity index (χ3n) is 4.88. The van der Waals surface area contributed by atoms with E-state index < -0.39 is 0 Å². The third kappa shape index (κ3) is 4.65. The number of allylic oxidation sites excluding steroid dienone is 4. The lowest BCUT2D eigenvalue weighted by molar-refractivity contribution is 1.04. The zero-order valence-corrected chi connectivity index (χ0v) is 17.1. The summed E-state index contributed by atoms with van der Waals surface area (Å²) in [6, 6.07) is 33.4. The largest absolute Gasteiger partial charge is 0.0836 e. The van der Waals surface area contributed by atoms with E-state index in [0.29, 0.717) is 5.66 Å². The molecule has 0 radical (unpaired) electrons. The fraction of sp³-hybridized carbons (Fsp3) is 0.120. The van der Waals surface area contributed by atoms with Crippen LogP contribution in [-0.2, 0) is 0 Å². The molecule has 0 heterocycles. The zero-order valence-electron chi connectivity index (χ0n) is 15.4. The van der Waals surface area contributed by atoms with Crippen LogP contribution in [0.15, 0.2) is 115 Å². The van der Waals surface area contributed by atoms with Crippen LogP contribution in [0.1, 0.15) is 6.42 Å². The first-order valence-corrected chi connectivity index (χ1v) is 12.6. The lowest BCUT2D eigenvalue weighted by Crippen LogP contribution is -2.20. The van der Waals surface area contributed by atoms with Gasteiger partial charge in [-0.2, -0.15) is 0 Å². The molecule has 1 aliphatic rings. The first-order chi connectivity index (χ1) is 13.4. The van der Waals surface area contributed by atoms with Crippen molar-refractivity contribution in [2.24, 2.45) is 0 Å². The molecule has 3 aromatic rings. The molecule has 0 amide bonds. The summed E-state index contributed by atoms with van der Waals surface area (Å²) in [5.74, 6) is 1.24. The zero-order chi connectivity index (χ0) is 18.3. The van der Waals surface area contributed by atoms with Crippen LogP contribution in [0.25, 0.3) is 0 Å². The Morgan fingerprint density at radius 1 is 0.630 bits per heavy atom. The molecule has 2 heteroatoms. The highest BCUT2D eigenvalue weighted by Gasteiger charge is 2.26. The molecule has 0 saturated carbocycles. The van der Waals surface area contributed by atoms with Gasteiger partial charge in [-0.15, -0.1) is 0 Å². The lowest BCUT2D eigenvalue weighted by atomic mass is 10.2. The molecule has 1 aliphatic carbocycles. The third-order valence-corrected chi connectivity index (χ3v) is 11.2. The molecular weight excluding hydrogens is 362 g/mol. The molecular formula is C25H24P2. The van der Waals surface area contributed by atoms with Gasteiger partial charge in [0.1, 0.15) is 0 Å². The van der Waals surface area contributed by atoms with Crippen molar-refractivity contribution < 1.29 is 0 Å². The van der Waals surface area contributed by atoms with Gasteiger partial charge in [0.05, 0.1) is 0 Å². The van der Waals surface area contributed by atoms with Crippen LogP contribution >= 0.6 is 15.8 Å². The molecule has 0 nitrogen and oxygen atoms in total. The monoisotopic (exact) mass is 386 g/mol. The topological polar surface area (TPSA) is 0 Å². The Bertz CT molecular complexity index is 846. The minimum absolute atomic E-state index is 0.270. The van der Waals surface area contributed by atoms with Gasteiger partial charge in [-0.25, -0.2) is 0 Å². The summed E-state index contributed by atoms with van der Waals surface area (Å²) in [7, 11) is -0.638. The van der Waals surface area contributed by atoms with Gasteiger partial charge >= 0.3 is 0 Å². The van der Waals surface area contributed by atoms with Crippen LogP contribution < -0.4 is 15.9 Å². The Hall–Kier alpha value is -2.00. The van der Waals surface area contributed by atoms with Gasteiger partial charge in [0.15, 0.2) is 0 Å². The van der Waals surface area contributed by atoms with E-state index in [2.05, 4.69) is 115 Å². The number of hydrogen-bond acceptors (Lipinski definition) is 0. The van der Waals surface area contributed by atoms with E-state index in [1.807, 2.05) is 0 Å². The highest BCUT2D eigenvalue weighted by molar-refractivity contribution is 7.85. The first-order valence-electron chi connectivity index (χ1n) is 9.44. The van der Waals surface area contributed by atoms with Crippen molar-refractivity contribution in [3.05, 3.63) is 115 Å². The van der Waals surface area contributed by atoms with Crippen LogP contribution in [0.3, 0.4) is 0 Å². The number of benzene rings is 3. The van der Waals surface area contributed by atoms with Crippen molar-refractivity contribution in [2.75, 3.05) is 5.90 Å². The first kappa shape index (κ1) is 18.4. The normalized spacial score (nSPS) is 17.1. The minimum Gasteiger partial charge on any atom is -0.0836 e. The fourth-order valence-corrected chi connectivity index (χ4v) is 10.5. The number of hydrogen-bond donors (Lipinski definition) is 0. The van der Waals surface area contributed by atoms with Gasteiger partial charge in [-0.05, 0) is 30.3 Å². The van der Waals surface area contributed by atoms with E-state index in [4.69, 9.17) is 0 Å². The van der Waals surface area contributed by atoms with Crippen molar-refractivity contribution >= 4 is 31.8 Å². The second kappa shape index (κ2) is 9.27. The van der Waals surface area contributed by atoms with Crippen molar-refractivity contribution in [1.82, 2.24) is 0 Å². The second-order valence-corrected chi connectivity index (χ2v) is 11.8. The molecule has 0 bridgehead atoms. The lowest BCUT2D eigenvalue weighted by Gasteiger charge is -2.31. The van der Waals surface area contributed by atoms with Crippen molar-refractivity contribution in [1.29, 1.82) is 0 Å². The van der Waals surface area contributed by atoms with Gasteiger partial charge < -0.3 is 0 Å². The van der Waals surface area contributed by atoms with Gasteiger partial charge in [-0.1, -0.05) is 123 Å². The molecule has 2 atom stereocenters. The van der Waals surface area contributed by atoms with Crippen molar-refractivity contribution in [2.45, 2.75) is 12.1 Å². The molecule has 2 unspecified atom stereocenters. The Kier molecular flexibility index (Phi) is 6.31.